The first-order valence-electron chi connectivity index (χ1n) is 8.40. The molecule has 0 bridgehead atoms. The molecule has 0 heterocycles. The Labute approximate surface area is 136 Å². The highest BCUT2D eigenvalue weighted by atomic mass is 16.5. The fourth-order valence-electron chi connectivity index (χ4n) is 4.46. The van der Waals surface area contributed by atoms with Crippen LogP contribution in [0.5, 0.6) is 0 Å². The van der Waals surface area contributed by atoms with Gasteiger partial charge in [0.15, 0.2) is 5.78 Å². The van der Waals surface area contributed by atoms with Crippen LogP contribution in [0.15, 0.2) is 30.3 Å². The van der Waals surface area contributed by atoms with Crippen LogP contribution in [0.1, 0.15) is 37.7 Å². The lowest BCUT2D eigenvalue weighted by Crippen LogP contribution is -2.34. The van der Waals surface area contributed by atoms with Crippen molar-refractivity contribution in [3.05, 3.63) is 35.9 Å². The highest BCUT2D eigenvalue weighted by Crippen LogP contribution is 2.64. The average molecular weight is 314 g/mol. The molecule has 3 aliphatic rings. The minimum Gasteiger partial charge on any atom is -0.468 e. The maximum absolute atomic E-state index is 12.0. The fraction of sp³-hybridized carbons (Fsp3) is 0.579. The number of carbonyl (C=O) groups excluding carboxylic acids is 2. The van der Waals surface area contributed by atoms with Crippen molar-refractivity contribution in [2.45, 2.75) is 44.3 Å². The zero-order chi connectivity index (χ0) is 16.1. The number of ether oxygens (including phenoxy) is 2. The Kier molecular flexibility index (Phi) is 3.34. The van der Waals surface area contributed by atoms with E-state index in [4.69, 9.17) is 9.47 Å². The van der Waals surface area contributed by atoms with Gasteiger partial charge in [-0.15, -0.1) is 0 Å². The second-order valence-electron chi connectivity index (χ2n) is 7.27. The van der Waals surface area contributed by atoms with Gasteiger partial charge in [0.05, 0.1) is 19.3 Å². The third-order valence-corrected chi connectivity index (χ3v) is 6.09. The van der Waals surface area contributed by atoms with Gasteiger partial charge in [-0.1, -0.05) is 30.3 Å². The van der Waals surface area contributed by atoms with E-state index in [2.05, 4.69) is 12.1 Å². The summed E-state index contributed by atoms with van der Waals surface area (Å²) in [7, 11) is 1.38. The van der Waals surface area contributed by atoms with Gasteiger partial charge in [0.1, 0.15) is 5.41 Å². The van der Waals surface area contributed by atoms with E-state index >= 15 is 0 Å². The first kappa shape index (κ1) is 14.9. The van der Waals surface area contributed by atoms with Gasteiger partial charge in [0, 0.05) is 6.42 Å². The monoisotopic (exact) mass is 314 g/mol. The SMILES string of the molecule is COC(=O)C1([C@H]2CC[C@@]3(OCc4ccccc4)C[C@H]3C2)CC1=O. The molecule has 0 aliphatic heterocycles. The molecule has 3 fully saturated rings. The molecule has 0 spiro atoms. The van der Waals surface area contributed by atoms with Crippen molar-refractivity contribution < 1.29 is 19.1 Å². The Bertz CT molecular complexity index is 640. The topological polar surface area (TPSA) is 52.6 Å². The molecule has 0 radical (unpaired) electrons. The molecule has 1 unspecified atom stereocenters. The van der Waals surface area contributed by atoms with E-state index in [-0.39, 0.29) is 23.3 Å². The Balaban J connectivity index is 1.38. The van der Waals surface area contributed by atoms with Crippen LogP contribution in [0.2, 0.25) is 0 Å². The lowest BCUT2D eigenvalue weighted by Gasteiger charge is -2.31. The van der Waals surface area contributed by atoms with Gasteiger partial charge in [0.2, 0.25) is 0 Å². The number of rotatable bonds is 5. The number of Topliss-reactive ketones (excluding diaryl/α,β-unsaturated/α-hetero) is 1. The minimum atomic E-state index is -0.817. The van der Waals surface area contributed by atoms with Gasteiger partial charge >= 0.3 is 5.97 Å². The third-order valence-electron chi connectivity index (χ3n) is 6.09. The molecule has 4 atom stereocenters. The van der Waals surface area contributed by atoms with Gasteiger partial charge in [-0.05, 0) is 43.1 Å². The Morgan fingerprint density at radius 3 is 2.61 bits per heavy atom. The van der Waals surface area contributed by atoms with Crippen LogP contribution >= 0.6 is 0 Å². The summed E-state index contributed by atoms with van der Waals surface area (Å²) in [6.45, 7) is 0.642. The number of fused-ring (bicyclic) bond motifs is 1. The summed E-state index contributed by atoms with van der Waals surface area (Å²) in [5.74, 6) is 0.363. The second kappa shape index (κ2) is 5.17. The van der Waals surface area contributed by atoms with Gasteiger partial charge < -0.3 is 9.47 Å². The minimum absolute atomic E-state index is 0.0123. The molecule has 3 aliphatic carbocycles. The number of methoxy groups -OCH3 is 1. The summed E-state index contributed by atoms with van der Waals surface area (Å²) in [6, 6.07) is 10.2. The predicted octanol–water partition coefficient (Wildman–Crippen LogP) is 2.89. The number of hydrogen-bond donors (Lipinski definition) is 0. The average Bonchev–Trinajstić information content (AvgIpc) is 3.47. The largest absolute Gasteiger partial charge is 0.468 e. The first-order chi connectivity index (χ1) is 11.1. The van der Waals surface area contributed by atoms with Crippen molar-refractivity contribution in [3.8, 4) is 0 Å². The quantitative estimate of drug-likeness (QED) is 0.619. The molecule has 1 aromatic carbocycles. The van der Waals surface area contributed by atoms with Crippen LogP contribution in [-0.4, -0.2) is 24.5 Å². The highest BCUT2D eigenvalue weighted by molar-refractivity contribution is 6.17. The molecule has 122 valence electrons. The van der Waals surface area contributed by atoms with E-state index in [0.29, 0.717) is 18.9 Å². The fourth-order valence-corrected chi connectivity index (χ4v) is 4.46. The number of ketones is 1. The predicted molar refractivity (Wildman–Crippen MR) is 83.5 cm³/mol. The zero-order valence-corrected chi connectivity index (χ0v) is 13.4. The van der Waals surface area contributed by atoms with Crippen molar-refractivity contribution in [2.75, 3.05) is 7.11 Å². The molecule has 4 rings (SSSR count). The first-order valence-corrected chi connectivity index (χ1v) is 8.40. The van der Waals surface area contributed by atoms with E-state index in [1.54, 1.807) is 0 Å². The molecule has 0 aromatic heterocycles. The lowest BCUT2D eigenvalue weighted by atomic mass is 9.76. The van der Waals surface area contributed by atoms with E-state index in [0.717, 1.165) is 25.7 Å². The molecule has 4 heteroatoms. The van der Waals surface area contributed by atoms with Gasteiger partial charge in [-0.25, -0.2) is 0 Å². The van der Waals surface area contributed by atoms with Crippen molar-refractivity contribution in [1.82, 2.24) is 0 Å². The summed E-state index contributed by atoms with van der Waals surface area (Å²) in [5, 5.41) is 0. The van der Waals surface area contributed by atoms with Crippen molar-refractivity contribution in [1.29, 1.82) is 0 Å². The third kappa shape index (κ3) is 2.31. The standard InChI is InChI=1S/C19H22O4/c1-22-17(21)19(11-16(19)20)14-7-8-18(10-15(18)9-14)23-12-13-5-3-2-4-6-13/h2-6,14-15H,7-12H2,1H3/t14-,15+,18+,19?/m0/s1. The molecule has 0 N–H and O–H groups in total. The zero-order valence-electron chi connectivity index (χ0n) is 13.4. The van der Waals surface area contributed by atoms with Gasteiger partial charge in [0.25, 0.3) is 0 Å². The smallest absolute Gasteiger partial charge is 0.320 e. The van der Waals surface area contributed by atoms with Gasteiger partial charge in [-0.3, -0.25) is 9.59 Å². The highest BCUT2D eigenvalue weighted by Gasteiger charge is 2.69. The van der Waals surface area contributed by atoms with E-state index < -0.39 is 5.41 Å². The van der Waals surface area contributed by atoms with Crippen molar-refractivity contribution in [3.63, 3.8) is 0 Å². The summed E-state index contributed by atoms with van der Waals surface area (Å²) >= 11 is 0. The van der Waals surface area contributed by atoms with E-state index in [9.17, 15) is 9.59 Å². The van der Waals surface area contributed by atoms with Crippen LogP contribution in [-0.2, 0) is 25.7 Å². The summed E-state index contributed by atoms with van der Waals surface area (Å²) in [6.07, 6.45) is 4.17. The summed E-state index contributed by atoms with van der Waals surface area (Å²) in [4.78, 5) is 23.9. The Morgan fingerprint density at radius 1 is 1.26 bits per heavy atom. The summed E-state index contributed by atoms with van der Waals surface area (Å²) in [5.41, 5.74) is 0.364. The molecular formula is C19H22O4. The number of benzene rings is 1. The number of hydrogen-bond acceptors (Lipinski definition) is 4. The van der Waals surface area contributed by atoms with E-state index in [1.807, 2.05) is 18.2 Å². The molecule has 4 nitrogen and oxygen atoms in total. The number of esters is 1. The molecule has 23 heavy (non-hydrogen) atoms. The molecular weight excluding hydrogens is 292 g/mol. The van der Waals surface area contributed by atoms with Crippen LogP contribution in [0, 0.1) is 17.3 Å². The maximum Gasteiger partial charge on any atom is 0.320 e. The molecule has 3 saturated carbocycles. The normalized spacial score (nSPS) is 37.9. The van der Waals surface area contributed by atoms with Crippen molar-refractivity contribution >= 4 is 11.8 Å². The molecule has 0 saturated heterocycles. The Hall–Kier alpha value is -1.68. The van der Waals surface area contributed by atoms with E-state index in [1.165, 1.54) is 12.7 Å². The summed E-state index contributed by atoms with van der Waals surface area (Å²) < 4.78 is 11.1. The second-order valence-corrected chi connectivity index (χ2v) is 7.27. The van der Waals surface area contributed by atoms with Gasteiger partial charge in [-0.2, -0.15) is 0 Å². The Morgan fingerprint density at radius 2 is 2.00 bits per heavy atom. The van der Waals surface area contributed by atoms with Crippen LogP contribution < -0.4 is 0 Å². The number of carbonyl (C=O) groups is 2. The maximum atomic E-state index is 12.0. The van der Waals surface area contributed by atoms with Crippen molar-refractivity contribution in [2.24, 2.45) is 17.3 Å². The molecule has 0 amide bonds. The van der Waals surface area contributed by atoms with Crippen LogP contribution in [0.25, 0.3) is 0 Å². The van der Waals surface area contributed by atoms with Crippen LogP contribution in [0.3, 0.4) is 0 Å². The van der Waals surface area contributed by atoms with Crippen LogP contribution in [0.4, 0.5) is 0 Å². The lowest BCUT2D eigenvalue weighted by molar-refractivity contribution is -0.152. The molecule has 1 aromatic rings.